The number of carbonyl (C=O) groups excluding carboxylic acids is 1. The lowest BCUT2D eigenvalue weighted by molar-refractivity contribution is -0.830. The Balaban J connectivity index is 1.99. The second-order valence-corrected chi connectivity index (χ2v) is 6.55. The number of nitrogens with zero attached hydrogens (tertiary/aromatic N) is 2. The molecule has 0 atom stereocenters. The van der Waals surface area contributed by atoms with Crippen molar-refractivity contribution in [1.29, 1.82) is 0 Å². The number of hydrogen-bond acceptors (Lipinski definition) is 5. The van der Waals surface area contributed by atoms with E-state index in [-0.39, 0.29) is 17.8 Å². The fourth-order valence-electron chi connectivity index (χ4n) is 2.91. The van der Waals surface area contributed by atoms with Gasteiger partial charge in [0, 0.05) is 18.0 Å². The molecular formula is C20H21N4O5+. The second-order valence-electron chi connectivity index (χ2n) is 6.55. The van der Waals surface area contributed by atoms with Crippen LogP contribution >= 0.6 is 0 Å². The zero-order valence-corrected chi connectivity index (χ0v) is 16.0. The summed E-state index contributed by atoms with van der Waals surface area (Å²) in [7, 11) is 1.49. The van der Waals surface area contributed by atoms with E-state index in [2.05, 4.69) is 10.3 Å². The van der Waals surface area contributed by atoms with Crippen LogP contribution in [0.1, 0.15) is 21.5 Å². The van der Waals surface area contributed by atoms with E-state index < -0.39 is 24.0 Å². The van der Waals surface area contributed by atoms with Gasteiger partial charge in [-0.2, -0.15) is 5.48 Å². The summed E-state index contributed by atoms with van der Waals surface area (Å²) in [6.45, 7) is 1.60. The highest BCUT2D eigenvalue weighted by molar-refractivity contribution is 5.97. The molecule has 0 unspecified atom stereocenters. The third-order valence-corrected chi connectivity index (χ3v) is 4.31. The number of carbonyl (C=O) groups is 2. The highest BCUT2D eigenvalue weighted by Crippen LogP contribution is 2.14. The molecule has 1 amide bonds. The summed E-state index contributed by atoms with van der Waals surface area (Å²) in [5.74, 6) is -1.79. The molecule has 2 aromatic heterocycles. The van der Waals surface area contributed by atoms with Crippen molar-refractivity contribution in [2.75, 3.05) is 7.11 Å². The molecule has 0 fully saturated rings. The number of carboxylic acids is 1. The number of nitrogens with one attached hydrogen (secondary N) is 1. The van der Waals surface area contributed by atoms with Gasteiger partial charge in [-0.25, -0.2) is 9.82 Å². The van der Waals surface area contributed by atoms with Crippen molar-refractivity contribution in [1.82, 2.24) is 14.9 Å². The van der Waals surface area contributed by atoms with Gasteiger partial charge >= 0.3 is 5.97 Å². The fraction of sp³-hybridized carbons (Fsp3) is 0.200. The number of hydrogen-bond donors (Lipinski definition) is 3. The second kappa shape index (κ2) is 8.63. The summed E-state index contributed by atoms with van der Waals surface area (Å²) in [6, 6.07) is 10.7. The van der Waals surface area contributed by atoms with Crippen molar-refractivity contribution in [3.63, 3.8) is 0 Å². The monoisotopic (exact) mass is 397 g/mol. The summed E-state index contributed by atoms with van der Waals surface area (Å²) < 4.78 is 0.981. The van der Waals surface area contributed by atoms with Gasteiger partial charge in [-0.15, -0.1) is 0 Å². The molecule has 0 aliphatic carbocycles. The molecule has 150 valence electrons. The van der Waals surface area contributed by atoms with Gasteiger partial charge in [0.15, 0.2) is 5.69 Å². The Labute approximate surface area is 165 Å². The molecule has 3 rings (SSSR count). The van der Waals surface area contributed by atoms with Crippen molar-refractivity contribution in [2.24, 2.45) is 0 Å². The number of pyridine rings is 2. The molecule has 1 aromatic carbocycles. The van der Waals surface area contributed by atoms with E-state index in [9.17, 15) is 19.5 Å². The summed E-state index contributed by atoms with van der Waals surface area (Å²) >= 11 is 0. The van der Waals surface area contributed by atoms with Crippen LogP contribution in [-0.2, 0) is 22.7 Å². The Kier molecular flexibility index (Phi) is 6.01. The van der Waals surface area contributed by atoms with Gasteiger partial charge in [0.05, 0.1) is 13.3 Å². The van der Waals surface area contributed by atoms with Gasteiger partial charge in [-0.3, -0.25) is 19.0 Å². The van der Waals surface area contributed by atoms with Crippen LogP contribution in [0.2, 0.25) is 0 Å². The average Bonchev–Trinajstić information content (AvgIpc) is 2.69. The molecule has 29 heavy (non-hydrogen) atoms. The largest absolute Gasteiger partial charge is 0.480 e. The molecule has 0 bridgehead atoms. The van der Waals surface area contributed by atoms with Crippen LogP contribution in [0.4, 0.5) is 5.69 Å². The predicted molar refractivity (Wildman–Crippen MR) is 105 cm³/mol. The van der Waals surface area contributed by atoms with E-state index in [4.69, 9.17) is 4.84 Å². The number of nitrogens with two attached hydrogens (primary N) is 1. The first-order valence-corrected chi connectivity index (χ1v) is 8.84. The van der Waals surface area contributed by atoms with E-state index in [0.29, 0.717) is 11.1 Å². The van der Waals surface area contributed by atoms with E-state index in [0.717, 1.165) is 15.7 Å². The van der Waals surface area contributed by atoms with Crippen LogP contribution in [0, 0.1) is 6.92 Å². The lowest BCUT2D eigenvalue weighted by Crippen LogP contribution is -2.75. The van der Waals surface area contributed by atoms with Gasteiger partial charge < -0.3 is 10.4 Å². The topological polar surface area (TPSA) is 127 Å². The smallest absolute Gasteiger partial charge is 0.323 e. The van der Waals surface area contributed by atoms with Crippen molar-refractivity contribution >= 4 is 28.6 Å². The maximum atomic E-state index is 12.8. The summed E-state index contributed by atoms with van der Waals surface area (Å²) in [4.78, 5) is 45.8. The molecule has 3 aromatic rings. The first-order chi connectivity index (χ1) is 13.9. The first-order valence-electron chi connectivity index (χ1n) is 8.84. The zero-order valence-electron chi connectivity index (χ0n) is 16.0. The number of aryl methyl sites for hydroxylation is 1. The van der Waals surface area contributed by atoms with Crippen LogP contribution < -0.4 is 16.4 Å². The van der Waals surface area contributed by atoms with Crippen LogP contribution in [0.5, 0.6) is 0 Å². The number of aliphatic carboxylic acids is 1. The highest BCUT2D eigenvalue weighted by atomic mass is 16.6. The van der Waals surface area contributed by atoms with Gasteiger partial charge in [0.1, 0.15) is 17.8 Å². The number of benzene rings is 1. The molecule has 2 heterocycles. The van der Waals surface area contributed by atoms with E-state index in [1.807, 2.05) is 31.2 Å². The lowest BCUT2D eigenvalue weighted by atomic mass is 10.1. The lowest BCUT2D eigenvalue weighted by Gasteiger charge is -2.11. The molecule has 4 N–H and O–H groups in total. The molecule has 0 aliphatic heterocycles. The Bertz CT molecular complexity index is 1120. The third-order valence-electron chi connectivity index (χ3n) is 4.31. The van der Waals surface area contributed by atoms with E-state index in [1.54, 1.807) is 6.07 Å². The Morgan fingerprint density at radius 2 is 1.97 bits per heavy atom. The number of rotatable bonds is 7. The van der Waals surface area contributed by atoms with Crippen molar-refractivity contribution < 1.29 is 25.0 Å². The number of quaternary nitrogens is 1. The summed E-state index contributed by atoms with van der Waals surface area (Å²) in [6.07, 6.45) is 1.46. The SMILES string of the molecule is CO[NH2+]c1cnc2c(c1)cc(C(=O)NCc1ccc(C)cc1)c(=O)n2CC(=O)O. The minimum absolute atomic E-state index is 0.151. The van der Waals surface area contributed by atoms with Crippen molar-refractivity contribution in [3.05, 3.63) is 69.6 Å². The molecule has 9 nitrogen and oxygen atoms in total. The molecule has 0 saturated heterocycles. The number of aromatic nitrogens is 2. The van der Waals surface area contributed by atoms with E-state index >= 15 is 0 Å². The van der Waals surface area contributed by atoms with Crippen LogP contribution in [-0.4, -0.2) is 33.6 Å². The predicted octanol–water partition coefficient (Wildman–Crippen LogP) is 0.476. The average molecular weight is 397 g/mol. The van der Waals surface area contributed by atoms with Gasteiger partial charge in [-0.05, 0) is 18.6 Å². The Morgan fingerprint density at radius 1 is 1.24 bits per heavy atom. The van der Waals surface area contributed by atoms with Crippen molar-refractivity contribution in [3.8, 4) is 0 Å². The van der Waals surface area contributed by atoms with E-state index in [1.165, 1.54) is 24.9 Å². The van der Waals surface area contributed by atoms with Crippen LogP contribution in [0.3, 0.4) is 0 Å². The minimum Gasteiger partial charge on any atom is -0.480 e. The molecule has 0 saturated carbocycles. The molecular weight excluding hydrogens is 376 g/mol. The zero-order chi connectivity index (χ0) is 21.0. The Hall–Kier alpha value is -3.56. The summed E-state index contributed by atoms with van der Waals surface area (Å²) in [5, 5.41) is 12.3. The maximum absolute atomic E-state index is 12.8. The van der Waals surface area contributed by atoms with Crippen LogP contribution in [0.25, 0.3) is 11.0 Å². The first kappa shape index (κ1) is 20.2. The quantitative estimate of drug-likeness (QED) is 0.498. The molecule has 0 aliphatic rings. The van der Waals surface area contributed by atoms with Gasteiger partial charge in [0.2, 0.25) is 0 Å². The highest BCUT2D eigenvalue weighted by Gasteiger charge is 2.18. The molecule has 0 spiro atoms. The number of amides is 1. The molecule has 9 heteroatoms. The van der Waals surface area contributed by atoms with Crippen LogP contribution in [0.15, 0.2) is 47.4 Å². The standard InChI is InChI=1S/C20H20N4O5/c1-12-3-5-13(6-4-12)9-22-19(27)16-8-14-7-15(23-29-2)10-21-18(14)24(20(16)28)11-17(25)26/h3-8,10,23H,9,11H2,1-2H3,(H,22,27)(H,25,26)/p+1. The fourth-order valence-corrected chi connectivity index (χ4v) is 2.91. The third kappa shape index (κ3) is 4.65. The maximum Gasteiger partial charge on any atom is 0.323 e. The summed E-state index contributed by atoms with van der Waals surface area (Å²) in [5.41, 5.74) is 3.37. The number of fused-ring (bicyclic) bond motifs is 1. The van der Waals surface area contributed by atoms with Gasteiger partial charge in [0.25, 0.3) is 11.5 Å². The Morgan fingerprint density at radius 3 is 2.62 bits per heavy atom. The molecule has 0 radical (unpaired) electrons. The van der Waals surface area contributed by atoms with Gasteiger partial charge in [-0.1, -0.05) is 29.8 Å². The number of carboxylic acid groups (broad SMARTS) is 1. The normalized spacial score (nSPS) is 10.8. The minimum atomic E-state index is -1.21. The van der Waals surface area contributed by atoms with Crippen molar-refractivity contribution in [2.45, 2.75) is 20.0 Å².